The Bertz CT molecular complexity index is 920. The molecule has 2 aliphatic heterocycles. The Kier molecular flexibility index (Phi) is 15.3. The second-order valence-electron chi connectivity index (χ2n) is 10.2. The summed E-state index contributed by atoms with van der Waals surface area (Å²) < 4.78 is 36.1. The van der Waals surface area contributed by atoms with Crippen molar-refractivity contribution in [3.8, 4) is 0 Å². The van der Waals surface area contributed by atoms with Crippen LogP contribution in [0, 0.1) is 5.92 Å². The number of aliphatic hydroxyl groups is 4. The Labute approximate surface area is 243 Å². The SMILES string of the molecule is CC(=O)OCC1OC(OC(C)=O)C(OC(C)=O)C(OC(C)=O)C1OC(C)=O.CC(C)CC1OC(CO)C(O)C(O)C1O. The second-order valence-corrected chi connectivity index (χ2v) is 10.2. The van der Waals surface area contributed by atoms with Gasteiger partial charge in [-0.05, 0) is 12.3 Å². The van der Waals surface area contributed by atoms with Gasteiger partial charge in [-0.1, -0.05) is 13.8 Å². The molecule has 0 aromatic heterocycles. The zero-order valence-electron chi connectivity index (χ0n) is 24.7. The van der Waals surface area contributed by atoms with E-state index in [1.807, 2.05) is 13.8 Å². The van der Waals surface area contributed by atoms with Crippen LogP contribution in [-0.2, 0) is 57.1 Å². The Morgan fingerprint density at radius 2 is 1.10 bits per heavy atom. The van der Waals surface area contributed by atoms with E-state index in [1.54, 1.807) is 0 Å². The third-order valence-electron chi connectivity index (χ3n) is 5.93. The van der Waals surface area contributed by atoms with E-state index in [2.05, 4.69) is 0 Å². The zero-order chi connectivity index (χ0) is 32.3. The predicted molar refractivity (Wildman–Crippen MR) is 137 cm³/mol. The van der Waals surface area contributed by atoms with Crippen molar-refractivity contribution in [2.45, 2.75) is 116 Å². The van der Waals surface area contributed by atoms with Crippen LogP contribution in [0.3, 0.4) is 0 Å². The van der Waals surface area contributed by atoms with Crippen LogP contribution in [0.2, 0.25) is 0 Å². The first-order chi connectivity index (χ1) is 19.5. The minimum absolute atomic E-state index is 0.312. The molecule has 10 unspecified atom stereocenters. The number of rotatable bonds is 9. The summed E-state index contributed by atoms with van der Waals surface area (Å²) in [5, 5.41) is 37.6. The number of carbonyl (C=O) groups is 5. The van der Waals surface area contributed by atoms with Crippen molar-refractivity contribution in [2.75, 3.05) is 13.2 Å². The maximum atomic E-state index is 11.5. The summed E-state index contributed by atoms with van der Waals surface area (Å²) in [6.45, 7) is 8.71. The van der Waals surface area contributed by atoms with E-state index in [0.717, 1.165) is 34.6 Å². The molecule has 0 amide bonds. The van der Waals surface area contributed by atoms with Crippen molar-refractivity contribution in [2.24, 2.45) is 5.92 Å². The van der Waals surface area contributed by atoms with Crippen molar-refractivity contribution in [3.05, 3.63) is 0 Å². The Hall–Kier alpha value is -2.89. The van der Waals surface area contributed by atoms with Crippen LogP contribution < -0.4 is 0 Å². The average molecular weight is 611 g/mol. The Morgan fingerprint density at radius 3 is 1.55 bits per heavy atom. The molecule has 4 N–H and O–H groups in total. The lowest BCUT2D eigenvalue weighted by Gasteiger charge is -2.43. The standard InChI is InChI=1S/C16H22O11.C10H20O5/c1-7(17)22-6-12-13(23-8(2)18)14(24-9(3)19)15(25-10(4)20)16(27-12)26-11(5)21;1-5(2)3-6-8(12)10(14)9(13)7(4-11)15-6/h12-16H,6H2,1-5H3;5-14H,3-4H2,1-2H3. The number of carbonyl (C=O) groups excluding carboxylic acids is 5. The third kappa shape index (κ3) is 11.8. The highest BCUT2D eigenvalue weighted by atomic mass is 16.7. The monoisotopic (exact) mass is 610 g/mol. The van der Waals surface area contributed by atoms with Crippen LogP contribution in [0.5, 0.6) is 0 Å². The number of hydrogen-bond donors (Lipinski definition) is 4. The first-order valence-electron chi connectivity index (χ1n) is 13.3. The summed E-state index contributed by atoms with van der Waals surface area (Å²) >= 11 is 0. The van der Waals surface area contributed by atoms with Gasteiger partial charge in [0.1, 0.15) is 37.1 Å². The first kappa shape index (κ1) is 37.1. The number of esters is 5. The van der Waals surface area contributed by atoms with Crippen molar-refractivity contribution in [3.63, 3.8) is 0 Å². The van der Waals surface area contributed by atoms with E-state index in [4.69, 9.17) is 38.3 Å². The van der Waals surface area contributed by atoms with Crippen molar-refractivity contribution < 1.29 is 77.6 Å². The molecular weight excluding hydrogens is 568 g/mol. The molecule has 2 aliphatic rings. The van der Waals surface area contributed by atoms with Crippen LogP contribution in [0.25, 0.3) is 0 Å². The maximum Gasteiger partial charge on any atom is 0.305 e. The Morgan fingerprint density at radius 1 is 0.619 bits per heavy atom. The summed E-state index contributed by atoms with van der Waals surface area (Å²) in [4.78, 5) is 57.0. The van der Waals surface area contributed by atoms with E-state index in [1.165, 1.54) is 0 Å². The van der Waals surface area contributed by atoms with Gasteiger partial charge in [-0.3, -0.25) is 24.0 Å². The van der Waals surface area contributed by atoms with Gasteiger partial charge in [0.2, 0.25) is 12.4 Å². The average Bonchev–Trinajstić information content (AvgIpc) is 2.85. The molecule has 0 aromatic rings. The summed E-state index contributed by atoms with van der Waals surface area (Å²) in [5.74, 6) is -3.40. The first-order valence-corrected chi connectivity index (χ1v) is 13.3. The highest BCUT2D eigenvalue weighted by Crippen LogP contribution is 2.30. The lowest BCUT2D eigenvalue weighted by atomic mass is 9.91. The molecule has 2 saturated heterocycles. The van der Waals surface area contributed by atoms with Gasteiger partial charge in [0.15, 0.2) is 12.2 Å². The van der Waals surface area contributed by atoms with Crippen LogP contribution in [0.1, 0.15) is 54.9 Å². The topological polar surface area (TPSA) is 231 Å². The molecule has 0 radical (unpaired) electrons. The molecule has 42 heavy (non-hydrogen) atoms. The van der Waals surface area contributed by atoms with Gasteiger partial charge in [0.25, 0.3) is 0 Å². The van der Waals surface area contributed by atoms with Gasteiger partial charge in [-0.15, -0.1) is 0 Å². The van der Waals surface area contributed by atoms with Crippen molar-refractivity contribution in [1.82, 2.24) is 0 Å². The molecule has 10 atom stereocenters. The van der Waals surface area contributed by atoms with Crippen molar-refractivity contribution in [1.29, 1.82) is 0 Å². The van der Waals surface area contributed by atoms with E-state index < -0.39 is 97.7 Å². The minimum atomic E-state index is -1.48. The third-order valence-corrected chi connectivity index (χ3v) is 5.93. The summed E-state index contributed by atoms with van der Waals surface area (Å²) in [6.07, 6.45) is -11.0. The quantitative estimate of drug-likeness (QED) is 0.172. The Balaban J connectivity index is 0.000000495. The molecule has 2 heterocycles. The van der Waals surface area contributed by atoms with Gasteiger partial charge in [-0.2, -0.15) is 0 Å². The highest BCUT2D eigenvalue weighted by molar-refractivity contribution is 5.69. The second kappa shape index (κ2) is 17.3. The van der Waals surface area contributed by atoms with E-state index in [-0.39, 0.29) is 6.61 Å². The molecule has 2 rings (SSSR count). The smallest absolute Gasteiger partial charge is 0.305 e. The van der Waals surface area contributed by atoms with Gasteiger partial charge < -0.3 is 53.6 Å². The fourth-order valence-corrected chi connectivity index (χ4v) is 4.29. The molecule has 242 valence electrons. The van der Waals surface area contributed by atoms with Gasteiger partial charge in [0, 0.05) is 34.6 Å². The molecule has 16 heteroatoms. The molecule has 2 fully saturated rings. The fourth-order valence-electron chi connectivity index (χ4n) is 4.29. The number of hydrogen-bond acceptors (Lipinski definition) is 16. The lowest BCUT2D eigenvalue weighted by Crippen LogP contribution is -2.63. The highest BCUT2D eigenvalue weighted by Gasteiger charge is 2.53. The van der Waals surface area contributed by atoms with E-state index >= 15 is 0 Å². The largest absolute Gasteiger partial charge is 0.463 e. The number of ether oxygens (including phenoxy) is 7. The maximum absolute atomic E-state index is 11.5. The van der Waals surface area contributed by atoms with Crippen LogP contribution in [-0.4, -0.2) is 125 Å². The van der Waals surface area contributed by atoms with Crippen LogP contribution in [0.4, 0.5) is 0 Å². The molecular formula is C26H42O16. The van der Waals surface area contributed by atoms with E-state index in [9.17, 15) is 39.3 Å². The molecule has 0 saturated carbocycles. The molecule has 0 aromatic carbocycles. The zero-order valence-corrected chi connectivity index (χ0v) is 24.7. The van der Waals surface area contributed by atoms with Gasteiger partial charge in [0.05, 0.1) is 12.7 Å². The lowest BCUT2D eigenvalue weighted by molar-refractivity contribution is -0.300. The van der Waals surface area contributed by atoms with E-state index in [0.29, 0.717) is 12.3 Å². The normalized spacial score (nSPS) is 32.5. The molecule has 0 aliphatic carbocycles. The summed E-state index contributed by atoms with van der Waals surface area (Å²) in [5.41, 5.74) is 0. The van der Waals surface area contributed by atoms with Gasteiger partial charge >= 0.3 is 29.8 Å². The number of aliphatic hydroxyl groups excluding tert-OH is 4. The minimum Gasteiger partial charge on any atom is -0.463 e. The molecule has 16 nitrogen and oxygen atoms in total. The van der Waals surface area contributed by atoms with Crippen LogP contribution >= 0.6 is 0 Å². The molecule has 0 bridgehead atoms. The fraction of sp³-hybridized carbons (Fsp3) is 0.808. The van der Waals surface area contributed by atoms with Crippen LogP contribution in [0.15, 0.2) is 0 Å². The predicted octanol–water partition coefficient (Wildman–Crippen LogP) is -1.49. The molecule has 0 spiro atoms. The summed E-state index contributed by atoms with van der Waals surface area (Å²) in [6, 6.07) is 0. The van der Waals surface area contributed by atoms with Gasteiger partial charge in [-0.25, -0.2) is 0 Å². The van der Waals surface area contributed by atoms with Crippen molar-refractivity contribution >= 4 is 29.8 Å². The summed E-state index contributed by atoms with van der Waals surface area (Å²) in [7, 11) is 0.